The van der Waals surface area contributed by atoms with Crippen molar-refractivity contribution < 1.29 is 19.0 Å². The third-order valence-electron chi connectivity index (χ3n) is 2.80. The number of allylic oxidation sites excluding steroid dienone is 2. The Bertz CT molecular complexity index is 256. The molecule has 1 rings (SSSR count). The van der Waals surface area contributed by atoms with Crippen LogP contribution in [-0.2, 0) is 19.0 Å². The molecule has 0 spiro atoms. The molecule has 0 aromatic carbocycles. The van der Waals surface area contributed by atoms with E-state index in [0.29, 0.717) is 0 Å². The molecule has 1 unspecified atom stereocenters. The van der Waals surface area contributed by atoms with Crippen LogP contribution in [0, 0.1) is 5.92 Å². The summed E-state index contributed by atoms with van der Waals surface area (Å²) in [5, 5.41) is 0. The average Bonchev–Trinajstić information content (AvgIpc) is 2.30. The fourth-order valence-corrected chi connectivity index (χ4v) is 1.81. The monoisotopic (exact) mass is 228 g/mol. The maximum absolute atomic E-state index is 11.7. The first-order valence-corrected chi connectivity index (χ1v) is 5.55. The second-order valence-electron chi connectivity index (χ2n) is 4.06. The van der Waals surface area contributed by atoms with E-state index < -0.39 is 6.29 Å². The molecule has 0 bridgehead atoms. The Morgan fingerprint density at radius 3 is 2.75 bits per heavy atom. The van der Waals surface area contributed by atoms with Crippen molar-refractivity contribution in [1.82, 2.24) is 0 Å². The third kappa shape index (κ3) is 3.94. The van der Waals surface area contributed by atoms with Crippen molar-refractivity contribution in [3.63, 3.8) is 0 Å². The van der Waals surface area contributed by atoms with Crippen LogP contribution in [-0.4, -0.2) is 33.1 Å². The smallest absolute Gasteiger partial charge is 0.309 e. The maximum atomic E-state index is 11.7. The standard InChI is InChI=1S/C12H20O4/c1-9-5-4-6-10(7-9)12(13)16-8-11(14-2)15-3/h5,10-11H,4,6-8H2,1-3H3. The van der Waals surface area contributed by atoms with E-state index in [2.05, 4.69) is 6.08 Å². The molecule has 0 saturated carbocycles. The summed E-state index contributed by atoms with van der Waals surface area (Å²) in [4.78, 5) is 11.7. The molecule has 4 nitrogen and oxygen atoms in total. The zero-order valence-electron chi connectivity index (χ0n) is 10.2. The van der Waals surface area contributed by atoms with Gasteiger partial charge in [-0.15, -0.1) is 0 Å². The van der Waals surface area contributed by atoms with Crippen LogP contribution in [0.1, 0.15) is 26.2 Å². The number of carbonyl (C=O) groups excluding carboxylic acids is 1. The summed E-state index contributed by atoms with van der Waals surface area (Å²) < 4.78 is 15.1. The van der Waals surface area contributed by atoms with Gasteiger partial charge >= 0.3 is 5.97 Å². The van der Waals surface area contributed by atoms with Crippen molar-refractivity contribution in [2.75, 3.05) is 20.8 Å². The Kier molecular flexibility index (Phi) is 5.49. The van der Waals surface area contributed by atoms with Crippen molar-refractivity contribution in [2.24, 2.45) is 5.92 Å². The van der Waals surface area contributed by atoms with Crippen LogP contribution in [0.25, 0.3) is 0 Å². The molecule has 92 valence electrons. The van der Waals surface area contributed by atoms with Crippen LogP contribution >= 0.6 is 0 Å². The number of rotatable bonds is 5. The normalized spacial score (nSPS) is 20.8. The van der Waals surface area contributed by atoms with E-state index in [9.17, 15) is 4.79 Å². The van der Waals surface area contributed by atoms with Crippen LogP contribution in [0.2, 0.25) is 0 Å². The van der Waals surface area contributed by atoms with Crippen molar-refractivity contribution in [3.05, 3.63) is 11.6 Å². The van der Waals surface area contributed by atoms with Crippen molar-refractivity contribution >= 4 is 5.97 Å². The quantitative estimate of drug-likeness (QED) is 0.409. The van der Waals surface area contributed by atoms with Crippen LogP contribution in [0.3, 0.4) is 0 Å². The maximum Gasteiger partial charge on any atom is 0.309 e. The van der Waals surface area contributed by atoms with Crippen molar-refractivity contribution in [3.8, 4) is 0 Å². The first-order valence-electron chi connectivity index (χ1n) is 5.55. The predicted molar refractivity (Wildman–Crippen MR) is 59.9 cm³/mol. The van der Waals surface area contributed by atoms with Gasteiger partial charge in [0.1, 0.15) is 6.61 Å². The zero-order chi connectivity index (χ0) is 12.0. The van der Waals surface area contributed by atoms with Crippen LogP contribution < -0.4 is 0 Å². The van der Waals surface area contributed by atoms with E-state index in [-0.39, 0.29) is 18.5 Å². The number of methoxy groups -OCH3 is 2. The van der Waals surface area contributed by atoms with E-state index in [1.807, 2.05) is 6.92 Å². The Balaban J connectivity index is 2.32. The van der Waals surface area contributed by atoms with E-state index in [1.165, 1.54) is 19.8 Å². The number of esters is 1. The molecule has 0 radical (unpaired) electrons. The second kappa shape index (κ2) is 6.66. The van der Waals surface area contributed by atoms with E-state index in [1.54, 1.807) is 0 Å². The highest BCUT2D eigenvalue weighted by Gasteiger charge is 2.23. The molecule has 0 aliphatic heterocycles. The molecule has 1 aliphatic rings. The van der Waals surface area contributed by atoms with Gasteiger partial charge in [0.05, 0.1) is 5.92 Å². The highest BCUT2D eigenvalue weighted by atomic mass is 16.7. The van der Waals surface area contributed by atoms with E-state index >= 15 is 0 Å². The van der Waals surface area contributed by atoms with E-state index in [4.69, 9.17) is 14.2 Å². The zero-order valence-corrected chi connectivity index (χ0v) is 10.2. The molecule has 0 fully saturated rings. The predicted octanol–water partition coefficient (Wildman–Crippen LogP) is 1.89. The first-order chi connectivity index (χ1) is 7.67. The fourth-order valence-electron chi connectivity index (χ4n) is 1.81. The summed E-state index contributed by atoms with van der Waals surface area (Å²) in [6.45, 7) is 2.21. The lowest BCUT2D eigenvalue weighted by Gasteiger charge is -2.21. The van der Waals surface area contributed by atoms with Gasteiger partial charge in [0.15, 0.2) is 6.29 Å². The molecular formula is C12H20O4. The Hall–Kier alpha value is -0.870. The Morgan fingerprint density at radius 2 is 2.19 bits per heavy atom. The molecule has 0 aromatic rings. The van der Waals surface area contributed by atoms with Gasteiger partial charge in [-0.05, 0) is 26.2 Å². The molecule has 0 aromatic heterocycles. The molecule has 0 N–H and O–H groups in total. The number of carbonyl (C=O) groups is 1. The first kappa shape index (κ1) is 13.2. The minimum atomic E-state index is -0.468. The van der Waals surface area contributed by atoms with Gasteiger partial charge in [-0.3, -0.25) is 4.79 Å². The summed E-state index contributed by atoms with van der Waals surface area (Å²) in [6.07, 6.45) is 4.36. The Labute approximate surface area is 96.6 Å². The van der Waals surface area contributed by atoms with Gasteiger partial charge in [0, 0.05) is 14.2 Å². The topological polar surface area (TPSA) is 44.8 Å². The van der Waals surface area contributed by atoms with Gasteiger partial charge in [0.25, 0.3) is 0 Å². The lowest BCUT2D eigenvalue weighted by atomic mass is 9.90. The molecule has 1 aliphatic carbocycles. The second-order valence-corrected chi connectivity index (χ2v) is 4.06. The number of ether oxygens (including phenoxy) is 3. The van der Waals surface area contributed by atoms with E-state index in [0.717, 1.165) is 19.3 Å². The average molecular weight is 228 g/mol. The summed E-state index contributed by atoms with van der Waals surface area (Å²) in [7, 11) is 3.05. The SMILES string of the molecule is COC(COC(=O)C1CCC=C(C)C1)OC. The number of hydrogen-bond acceptors (Lipinski definition) is 4. The van der Waals surface area contributed by atoms with Gasteiger partial charge in [-0.2, -0.15) is 0 Å². The molecule has 0 heterocycles. The van der Waals surface area contributed by atoms with Crippen molar-refractivity contribution in [2.45, 2.75) is 32.5 Å². The molecule has 0 saturated heterocycles. The molecule has 16 heavy (non-hydrogen) atoms. The van der Waals surface area contributed by atoms with Gasteiger partial charge in [0.2, 0.25) is 0 Å². The molecule has 0 amide bonds. The Morgan fingerprint density at radius 1 is 1.50 bits per heavy atom. The minimum Gasteiger partial charge on any atom is -0.460 e. The van der Waals surface area contributed by atoms with Gasteiger partial charge < -0.3 is 14.2 Å². The summed E-state index contributed by atoms with van der Waals surface area (Å²) in [6, 6.07) is 0. The fraction of sp³-hybridized carbons (Fsp3) is 0.750. The number of hydrogen-bond donors (Lipinski definition) is 0. The minimum absolute atomic E-state index is 0.000591. The lowest BCUT2D eigenvalue weighted by molar-refractivity contribution is -0.170. The highest BCUT2D eigenvalue weighted by molar-refractivity contribution is 5.73. The summed E-state index contributed by atoms with van der Waals surface area (Å²) in [5.41, 5.74) is 1.27. The van der Waals surface area contributed by atoms with Gasteiger partial charge in [-0.25, -0.2) is 0 Å². The van der Waals surface area contributed by atoms with Crippen LogP contribution in [0.15, 0.2) is 11.6 Å². The lowest BCUT2D eigenvalue weighted by Crippen LogP contribution is -2.26. The summed E-state index contributed by atoms with van der Waals surface area (Å²) in [5.74, 6) is -0.147. The molecule has 1 atom stereocenters. The van der Waals surface area contributed by atoms with Crippen LogP contribution in [0.4, 0.5) is 0 Å². The van der Waals surface area contributed by atoms with Gasteiger partial charge in [-0.1, -0.05) is 11.6 Å². The summed E-state index contributed by atoms with van der Waals surface area (Å²) >= 11 is 0. The van der Waals surface area contributed by atoms with Crippen molar-refractivity contribution in [1.29, 1.82) is 0 Å². The molecule has 4 heteroatoms. The molecular weight excluding hydrogens is 208 g/mol. The highest BCUT2D eigenvalue weighted by Crippen LogP contribution is 2.24. The van der Waals surface area contributed by atoms with Crippen LogP contribution in [0.5, 0.6) is 0 Å². The third-order valence-corrected chi connectivity index (χ3v) is 2.80. The largest absolute Gasteiger partial charge is 0.460 e.